The minimum Gasteiger partial charge on any atom is -0.467 e. The lowest BCUT2D eigenvalue weighted by molar-refractivity contribution is -0.144. The average Bonchev–Trinajstić information content (AvgIpc) is 2.29. The summed E-state index contributed by atoms with van der Waals surface area (Å²) in [6, 6.07) is -0.273. The Hall–Kier alpha value is -1.10. The molecule has 0 aromatic carbocycles. The second-order valence-corrected chi connectivity index (χ2v) is 7.79. The topological polar surface area (TPSA) is 67.4 Å². The van der Waals surface area contributed by atoms with E-state index in [1.54, 1.807) is 0 Å². The maximum Gasteiger partial charge on any atom is 0.329 e. The van der Waals surface area contributed by atoms with Gasteiger partial charge >= 0.3 is 5.97 Å². The highest BCUT2D eigenvalue weighted by molar-refractivity contribution is 5.83. The third-order valence-corrected chi connectivity index (χ3v) is 4.03. The smallest absolute Gasteiger partial charge is 0.329 e. The highest BCUT2D eigenvalue weighted by atomic mass is 16.5. The van der Waals surface area contributed by atoms with Crippen LogP contribution in [0.2, 0.25) is 0 Å². The number of nitrogens with one attached hydrogen (secondary N) is 2. The molecule has 0 aliphatic heterocycles. The quantitative estimate of drug-likeness (QED) is 0.760. The summed E-state index contributed by atoms with van der Waals surface area (Å²) in [5.74, 6) is -0.636. The monoisotopic (exact) mass is 298 g/mol. The third kappa shape index (κ3) is 6.04. The molecule has 0 radical (unpaired) electrons. The Kier molecular flexibility index (Phi) is 5.79. The van der Waals surface area contributed by atoms with E-state index in [-0.39, 0.29) is 16.7 Å². The first-order valence-electron chi connectivity index (χ1n) is 7.63. The molecule has 0 aromatic heterocycles. The molecule has 0 bridgehead atoms. The van der Waals surface area contributed by atoms with Crippen LogP contribution < -0.4 is 10.6 Å². The van der Waals surface area contributed by atoms with Crippen molar-refractivity contribution in [2.24, 2.45) is 10.8 Å². The van der Waals surface area contributed by atoms with Crippen molar-refractivity contribution in [2.45, 2.75) is 66.0 Å². The first-order chi connectivity index (χ1) is 9.54. The normalized spacial score (nSPS) is 22.4. The lowest BCUT2D eigenvalue weighted by Gasteiger charge is -2.45. The summed E-state index contributed by atoms with van der Waals surface area (Å²) in [6.07, 6.45) is 3.35. The van der Waals surface area contributed by atoms with E-state index in [0.29, 0.717) is 12.6 Å². The van der Waals surface area contributed by atoms with Crippen molar-refractivity contribution >= 4 is 11.9 Å². The van der Waals surface area contributed by atoms with E-state index >= 15 is 0 Å². The highest BCUT2D eigenvalue weighted by Gasteiger charge is 2.38. The van der Waals surface area contributed by atoms with Gasteiger partial charge in [-0.25, -0.2) is 4.79 Å². The second kappa shape index (κ2) is 6.77. The van der Waals surface area contributed by atoms with E-state index in [4.69, 9.17) is 4.74 Å². The number of esters is 1. The Morgan fingerprint density at radius 3 is 2.14 bits per heavy atom. The van der Waals surface area contributed by atoms with E-state index in [9.17, 15) is 9.59 Å². The highest BCUT2D eigenvalue weighted by Crippen LogP contribution is 2.45. The third-order valence-electron chi connectivity index (χ3n) is 4.03. The fourth-order valence-corrected chi connectivity index (χ4v) is 3.86. The number of hydrogen-bond donors (Lipinski definition) is 2. The van der Waals surface area contributed by atoms with Gasteiger partial charge in [0.1, 0.15) is 6.04 Å². The zero-order chi connectivity index (χ0) is 16.3. The van der Waals surface area contributed by atoms with E-state index in [2.05, 4.69) is 38.3 Å². The Labute approximate surface area is 128 Å². The van der Waals surface area contributed by atoms with Crippen LogP contribution >= 0.6 is 0 Å². The summed E-state index contributed by atoms with van der Waals surface area (Å²) in [5, 5.41) is 6.07. The summed E-state index contributed by atoms with van der Waals surface area (Å²) in [4.78, 5) is 22.9. The second-order valence-electron chi connectivity index (χ2n) is 7.79. The molecule has 1 amide bonds. The minimum atomic E-state index is -0.624. The number of rotatable bonds is 5. The first-order valence-corrected chi connectivity index (χ1v) is 7.63. The molecule has 1 aliphatic carbocycles. The number of ether oxygens (including phenoxy) is 1. The molecule has 1 aliphatic rings. The number of methoxy groups -OCH3 is 1. The van der Waals surface area contributed by atoms with Gasteiger partial charge in [-0.05, 0) is 30.1 Å². The number of carbonyl (C=O) groups excluding carboxylic acids is 2. The van der Waals surface area contributed by atoms with Crippen LogP contribution in [0, 0.1) is 10.8 Å². The molecule has 0 spiro atoms. The molecule has 1 rings (SSSR count). The van der Waals surface area contributed by atoms with Crippen molar-refractivity contribution < 1.29 is 14.3 Å². The fourth-order valence-electron chi connectivity index (χ4n) is 3.86. The van der Waals surface area contributed by atoms with Crippen molar-refractivity contribution in [2.75, 3.05) is 13.7 Å². The lowest BCUT2D eigenvalue weighted by atomic mass is 9.63. The summed E-state index contributed by atoms with van der Waals surface area (Å²) in [6.45, 7) is 11.0. The zero-order valence-corrected chi connectivity index (χ0v) is 14.2. The molecular formula is C16H30N2O3. The zero-order valence-electron chi connectivity index (χ0n) is 14.2. The number of carbonyl (C=O) groups is 2. The standard InChI is InChI=1S/C16H30N2O3/c1-11(19)18-13(14(20)21-6)9-17-12-7-15(2,3)10-16(4,5)8-12/h12-13,17H,7-10H2,1-6H3,(H,18,19). The largest absolute Gasteiger partial charge is 0.467 e. The molecule has 0 saturated heterocycles. The number of hydrogen-bond acceptors (Lipinski definition) is 4. The maximum absolute atomic E-state index is 11.7. The molecule has 21 heavy (non-hydrogen) atoms. The van der Waals surface area contributed by atoms with Gasteiger partial charge in [-0.15, -0.1) is 0 Å². The van der Waals surface area contributed by atoms with Gasteiger partial charge in [0.05, 0.1) is 7.11 Å². The fraction of sp³-hybridized carbons (Fsp3) is 0.875. The Bertz CT molecular complexity index is 375. The van der Waals surface area contributed by atoms with Gasteiger partial charge in [-0.2, -0.15) is 0 Å². The van der Waals surface area contributed by atoms with Gasteiger partial charge in [0.15, 0.2) is 0 Å². The lowest BCUT2D eigenvalue weighted by Crippen LogP contribution is -2.51. The molecule has 1 unspecified atom stereocenters. The number of amides is 1. The van der Waals surface area contributed by atoms with Gasteiger partial charge in [-0.1, -0.05) is 27.7 Å². The van der Waals surface area contributed by atoms with Crippen molar-refractivity contribution in [1.29, 1.82) is 0 Å². The van der Waals surface area contributed by atoms with E-state index in [1.807, 2.05) is 0 Å². The SMILES string of the molecule is COC(=O)C(CNC1CC(C)(C)CC(C)(C)C1)NC(C)=O. The molecule has 2 N–H and O–H groups in total. The summed E-state index contributed by atoms with van der Waals surface area (Å²) >= 11 is 0. The van der Waals surface area contributed by atoms with Gasteiger partial charge in [0.2, 0.25) is 5.91 Å². The molecule has 0 heterocycles. The maximum atomic E-state index is 11.7. The molecule has 0 aromatic rings. The van der Waals surface area contributed by atoms with Gasteiger partial charge in [-0.3, -0.25) is 4.79 Å². The van der Waals surface area contributed by atoms with Gasteiger partial charge in [0.25, 0.3) is 0 Å². The van der Waals surface area contributed by atoms with E-state index in [1.165, 1.54) is 20.5 Å². The van der Waals surface area contributed by atoms with E-state index in [0.717, 1.165) is 12.8 Å². The molecule has 1 saturated carbocycles. The molecule has 1 fully saturated rings. The van der Waals surface area contributed by atoms with Crippen molar-refractivity contribution in [3.63, 3.8) is 0 Å². The van der Waals surface area contributed by atoms with Crippen LogP contribution in [-0.2, 0) is 14.3 Å². The molecule has 1 atom stereocenters. The van der Waals surface area contributed by atoms with Crippen LogP contribution in [0.5, 0.6) is 0 Å². The molecular weight excluding hydrogens is 268 g/mol. The molecule has 5 nitrogen and oxygen atoms in total. The molecule has 5 heteroatoms. The Morgan fingerprint density at radius 2 is 1.71 bits per heavy atom. The van der Waals surface area contributed by atoms with Gasteiger partial charge < -0.3 is 15.4 Å². The van der Waals surface area contributed by atoms with Crippen molar-refractivity contribution in [1.82, 2.24) is 10.6 Å². The summed E-state index contributed by atoms with van der Waals surface area (Å²) in [5.41, 5.74) is 0.572. The predicted molar refractivity (Wildman–Crippen MR) is 82.8 cm³/mol. The molecule has 122 valence electrons. The van der Waals surface area contributed by atoms with Crippen LogP contribution in [0.25, 0.3) is 0 Å². The van der Waals surface area contributed by atoms with E-state index < -0.39 is 12.0 Å². The first kappa shape index (κ1) is 18.0. The summed E-state index contributed by atoms with van der Waals surface area (Å²) < 4.78 is 4.74. The van der Waals surface area contributed by atoms with Crippen molar-refractivity contribution in [3.05, 3.63) is 0 Å². The predicted octanol–water partition coefficient (Wildman–Crippen LogP) is 1.86. The van der Waals surface area contributed by atoms with Crippen LogP contribution in [0.4, 0.5) is 0 Å². The summed E-state index contributed by atoms with van der Waals surface area (Å²) in [7, 11) is 1.34. The minimum absolute atomic E-state index is 0.225. The van der Waals surface area contributed by atoms with Crippen LogP contribution in [-0.4, -0.2) is 37.6 Å². The Balaban J connectivity index is 2.62. The Morgan fingerprint density at radius 1 is 1.19 bits per heavy atom. The van der Waals surface area contributed by atoms with Crippen LogP contribution in [0.1, 0.15) is 53.9 Å². The van der Waals surface area contributed by atoms with Crippen molar-refractivity contribution in [3.8, 4) is 0 Å². The van der Waals surface area contributed by atoms with Crippen LogP contribution in [0.15, 0.2) is 0 Å². The van der Waals surface area contributed by atoms with Crippen LogP contribution in [0.3, 0.4) is 0 Å². The van der Waals surface area contributed by atoms with Gasteiger partial charge in [0, 0.05) is 19.5 Å². The average molecular weight is 298 g/mol.